The van der Waals surface area contributed by atoms with Crippen LogP contribution in [0.2, 0.25) is 0 Å². The van der Waals surface area contributed by atoms with Gasteiger partial charge in [-0.3, -0.25) is 5.32 Å². The van der Waals surface area contributed by atoms with Gasteiger partial charge in [0.1, 0.15) is 11.2 Å². The summed E-state index contributed by atoms with van der Waals surface area (Å²) in [5, 5.41) is 9.06. The van der Waals surface area contributed by atoms with Crippen molar-refractivity contribution in [3.05, 3.63) is 53.2 Å². The number of ether oxygens (including phenoxy) is 2. The van der Waals surface area contributed by atoms with Crippen LogP contribution < -0.4 is 15.4 Å². The minimum absolute atomic E-state index is 0.0124. The van der Waals surface area contributed by atoms with Crippen molar-refractivity contribution >= 4 is 28.5 Å². The molecule has 5 nitrogen and oxygen atoms in total. The molecule has 0 amide bonds. The van der Waals surface area contributed by atoms with Crippen molar-refractivity contribution in [2.45, 2.75) is 32.3 Å². The van der Waals surface area contributed by atoms with E-state index in [2.05, 4.69) is 28.8 Å². The van der Waals surface area contributed by atoms with Gasteiger partial charge in [0.25, 0.3) is 0 Å². The molecule has 0 fully saturated rings. The van der Waals surface area contributed by atoms with E-state index < -0.39 is 0 Å². The summed E-state index contributed by atoms with van der Waals surface area (Å²) in [5.41, 5.74) is 2.38. The summed E-state index contributed by atoms with van der Waals surface area (Å²) in [4.78, 5) is 12.8. The fraction of sp³-hybridized carbons (Fsp3) is 0.381. The van der Waals surface area contributed by atoms with Crippen molar-refractivity contribution in [1.82, 2.24) is 10.6 Å². The average Bonchev–Trinajstić information content (AvgIpc) is 2.67. The minimum atomic E-state index is -0.324. The maximum atomic E-state index is 12.8. The predicted molar refractivity (Wildman–Crippen MR) is 111 cm³/mol. The lowest BCUT2D eigenvalue weighted by Crippen LogP contribution is -2.48. The maximum absolute atomic E-state index is 12.8. The van der Waals surface area contributed by atoms with Crippen molar-refractivity contribution in [3.8, 4) is 5.75 Å². The Morgan fingerprint density at radius 2 is 1.93 bits per heavy atom. The van der Waals surface area contributed by atoms with Gasteiger partial charge in [-0.2, -0.15) is 0 Å². The molecule has 2 atom stereocenters. The average molecular weight is 387 g/mol. The van der Waals surface area contributed by atoms with E-state index in [0.29, 0.717) is 18.8 Å². The lowest BCUT2D eigenvalue weighted by molar-refractivity contribution is -0.139. The molecule has 2 N–H and O–H groups in total. The zero-order valence-corrected chi connectivity index (χ0v) is 17.0. The summed E-state index contributed by atoms with van der Waals surface area (Å²) in [6.45, 7) is 6.60. The Bertz CT molecular complexity index is 866. The molecular weight excluding hydrogens is 360 g/mol. The maximum Gasteiger partial charge on any atom is 0.337 e. The molecule has 1 aliphatic heterocycles. The molecule has 0 spiro atoms. The van der Waals surface area contributed by atoms with E-state index in [1.54, 1.807) is 11.8 Å². The highest BCUT2D eigenvalue weighted by Gasteiger charge is 2.35. The van der Waals surface area contributed by atoms with Crippen molar-refractivity contribution in [1.29, 1.82) is 0 Å². The second-order valence-corrected chi connectivity index (χ2v) is 7.19. The highest BCUT2D eigenvalue weighted by Crippen LogP contribution is 2.39. The SMILES string of the molecule is CCOC(=O)C1=C(C)NC(SC)NC1c1c(OCC)ccc2ccccc12. The number of carbonyl (C=O) groups is 1. The second kappa shape index (κ2) is 8.67. The first-order valence-corrected chi connectivity index (χ1v) is 10.5. The Hall–Kier alpha value is -2.18. The van der Waals surface area contributed by atoms with Gasteiger partial charge in [-0.05, 0) is 43.9 Å². The Morgan fingerprint density at radius 3 is 2.63 bits per heavy atom. The Labute approximate surface area is 164 Å². The lowest BCUT2D eigenvalue weighted by atomic mass is 9.90. The van der Waals surface area contributed by atoms with Crippen LogP contribution in [-0.2, 0) is 9.53 Å². The summed E-state index contributed by atoms with van der Waals surface area (Å²) < 4.78 is 11.3. The van der Waals surface area contributed by atoms with Crippen LogP contribution in [-0.4, -0.2) is 30.9 Å². The van der Waals surface area contributed by atoms with Gasteiger partial charge in [-0.1, -0.05) is 30.3 Å². The molecule has 144 valence electrons. The number of hydrogen-bond donors (Lipinski definition) is 2. The van der Waals surface area contributed by atoms with Gasteiger partial charge < -0.3 is 14.8 Å². The molecule has 3 rings (SSSR count). The number of fused-ring (bicyclic) bond motifs is 1. The number of rotatable bonds is 6. The third kappa shape index (κ3) is 3.92. The standard InChI is InChI=1S/C21H26N2O3S/c1-5-25-16-12-11-14-9-7-8-10-15(14)18(16)19-17(20(24)26-6-2)13(3)22-21(23-19)27-4/h7-12,19,21-23H,5-6H2,1-4H3. The highest BCUT2D eigenvalue weighted by molar-refractivity contribution is 7.99. The first kappa shape index (κ1) is 19.6. The van der Waals surface area contributed by atoms with Crippen molar-refractivity contribution in [3.63, 3.8) is 0 Å². The van der Waals surface area contributed by atoms with Gasteiger partial charge in [-0.15, -0.1) is 11.8 Å². The molecule has 0 radical (unpaired) electrons. The van der Waals surface area contributed by atoms with Gasteiger partial charge in [0.05, 0.1) is 24.8 Å². The van der Waals surface area contributed by atoms with Gasteiger partial charge in [0.15, 0.2) is 0 Å². The topological polar surface area (TPSA) is 59.6 Å². The number of hydrogen-bond acceptors (Lipinski definition) is 6. The van der Waals surface area contributed by atoms with E-state index in [1.807, 2.05) is 45.2 Å². The van der Waals surface area contributed by atoms with Crippen molar-refractivity contribution in [2.75, 3.05) is 19.5 Å². The summed E-state index contributed by atoms with van der Waals surface area (Å²) in [6.07, 6.45) is 2.02. The normalized spacial score (nSPS) is 19.7. The van der Waals surface area contributed by atoms with Crippen LogP contribution in [0.4, 0.5) is 0 Å². The Morgan fingerprint density at radius 1 is 1.15 bits per heavy atom. The molecule has 2 aromatic rings. The lowest BCUT2D eigenvalue weighted by Gasteiger charge is -2.35. The summed E-state index contributed by atoms with van der Waals surface area (Å²) >= 11 is 1.65. The van der Waals surface area contributed by atoms with Crippen LogP contribution in [0.3, 0.4) is 0 Å². The number of thioether (sulfide) groups is 1. The van der Waals surface area contributed by atoms with Crippen LogP contribution in [0, 0.1) is 0 Å². The fourth-order valence-corrected chi connectivity index (χ4v) is 4.02. The molecule has 1 aliphatic rings. The van der Waals surface area contributed by atoms with Crippen LogP contribution in [0.15, 0.2) is 47.7 Å². The zero-order valence-electron chi connectivity index (χ0n) is 16.2. The van der Waals surface area contributed by atoms with Crippen LogP contribution in [0.5, 0.6) is 5.75 Å². The first-order valence-electron chi connectivity index (χ1n) is 9.18. The molecule has 0 bridgehead atoms. The second-order valence-electron chi connectivity index (χ2n) is 6.25. The van der Waals surface area contributed by atoms with Crippen molar-refractivity contribution < 1.29 is 14.3 Å². The largest absolute Gasteiger partial charge is 0.493 e. The zero-order chi connectivity index (χ0) is 19.4. The minimum Gasteiger partial charge on any atom is -0.493 e. The van der Waals surface area contributed by atoms with Gasteiger partial charge in [0, 0.05) is 11.3 Å². The monoisotopic (exact) mass is 386 g/mol. The van der Waals surface area contributed by atoms with E-state index in [9.17, 15) is 4.79 Å². The molecule has 0 saturated heterocycles. The predicted octanol–water partition coefficient (Wildman–Crippen LogP) is 3.96. The van der Waals surface area contributed by atoms with E-state index >= 15 is 0 Å². The van der Waals surface area contributed by atoms with E-state index in [1.165, 1.54) is 0 Å². The molecule has 0 aromatic heterocycles. The third-order valence-corrected chi connectivity index (χ3v) is 5.33. The highest BCUT2D eigenvalue weighted by atomic mass is 32.2. The molecule has 27 heavy (non-hydrogen) atoms. The van der Waals surface area contributed by atoms with Gasteiger partial charge in [0.2, 0.25) is 0 Å². The molecule has 0 aliphatic carbocycles. The number of allylic oxidation sites excluding steroid dienone is 1. The molecule has 2 aromatic carbocycles. The molecule has 0 saturated carbocycles. The van der Waals surface area contributed by atoms with E-state index in [4.69, 9.17) is 9.47 Å². The van der Waals surface area contributed by atoms with Crippen LogP contribution in [0.25, 0.3) is 10.8 Å². The van der Waals surface area contributed by atoms with Crippen molar-refractivity contribution in [2.24, 2.45) is 0 Å². The summed E-state index contributed by atoms with van der Waals surface area (Å²) in [5.74, 6) is 0.472. The number of esters is 1. The summed E-state index contributed by atoms with van der Waals surface area (Å²) in [7, 11) is 0. The molecule has 1 heterocycles. The number of benzene rings is 2. The van der Waals surface area contributed by atoms with Crippen LogP contribution >= 0.6 is 11.8 Å². The number of carbonyl (C=O) groups excluding carboxylic acids is 1. The molecule has 2 unspecified atom stereocenters. The molecule has 6 heteroatoms. The third-order valence-electron chi connectivity index (χ3n) is 4.61. The van der Waals surface area contributed by atoms with Gasteiger partial charge >= 0.3 is 5.97 Å². The first-order chi connectivity index (χ1) is 13.1. The van der Waals surface area contributed by atoms with E-state index in [0.717, 1.165) is 27.8 Å². The quantitative estimate of drug-likeness (QED) is 0.733. The fourth-order valence-electron chi connectivity index (χ4n) is 3.46. The van der Waals surface area contributed by atoms with Crippen LogP contribution in [0.1, 0.15) is 32.4 Å². The Balaban J connectivity index is 2.23. The smallest absolute Gasteiger partial charge is 0.337 e. The molecular formula is C21H26N2O3S. The summed E-state index contributed by atoms with van der Waals surface area (Å²) in [6, 6.07) is 11.9. The van der Waals surface area contributed by atoms with E-state index in [-0.39, 0.29) is 17.5 Å². The Kier molecular flexibility index (Phi) is 6.29. The van der Waals surface area contributed by atoms with Gasteiger partial charge in [-0.25, -0.2) is 4.79 Å². The number of nitrogens with one attached hydrogen (secondary N) is 2.